The van der Waals surface area contributed by atoms with Gasteiger partial charge in [0.2, 0.25) is 0 Å². The quantitative estimate of drug-likeness (QED) is 0.670. The lowest BCUT2D eigenvalue weighted by molar-refractivity contribution is 0.261. The summed E-state index contributed by atoms with van der Waals surface area (Å²) in [7, 11) is 0. The molecular formula is C11H21N3O. The molecule has 86 valence electrons. The molecule has 1 N–H and O–H groups in total. The lowest BCUT2D eigenvalue weighted by Crippen LogP contribution is -2.05. The Morgan fingerprint density at radius 3 is 2.67 bits per heavy atom. The van der Waals surface area contributed by atoms with Crippen LogP contribution in [-0.2, 0) is 13.2 Å². The van der Waals surface area contributed by atoms with E-state index in [1.807, 2.05) is 0 Å². The fourth-order valence-corrected chi connectivity index (χ4v) is 1.64. The first-order chi connectivity index (χ1) is 7.38. The molecule has 15 heavy (non-hydrogen) atoms. The normalized spacial score (nSPS) is 10.8. The fourth-order valence-electron chi connectivity index (χ4n) is 1.64. The average Bonchev–Trinajstić information content (AvgIpc) is 2.70. The molecular weight excluding hydrogens is 190 g/mol. The zero-order valence-electron chi connectivity index (χ0n) is 9.52. The van der Waals surface area contributed by atoms with Crippen LogP contribution in [0.4, 0.5) is 0 Å². The van der Waals surface area contributed by atoms with Crippen molar-refractivity contribution in [2.45, 2.75) is 58.6 Å². The van der Waals surface area contributed by atoms with E-state index in [0.29, 0.717) is 5.82 Å². The van der Waals surface area contributed by atoms with E-state index >= 15 is 0 Å². The highest BCUT2D eigenvalue weighted by Gasteiger charge is 2.01. The smallest absolute Gasteiger partial charge is 0.152 e. The molecule has 1 aromatic rings. The topological polar surface area (TPSA) is 50.9 Å². The van der Waals surface area contributed by atoms with Gasteiger partial charge in [-0.25, -0.2) is 9.67 Å². The van der Waals surface area contributed by atoms with Gasteiger partial charge in [0.05, 0.1) is 0 Å². The van der Waals surface area contributed by atoms with Crippen LogP contribution in [0, 0.1) is 0 Å². The van der Waals surface area contributed by atoms with Crippen molar-refractivity contribution in [3.8, 4) is 0 Å². The van der Waals surface area contributed by atoms with Crippen molar-refractivity contribution in [1.82, 2.24) is 14.8 Å². The minimum Gasteiger partial charge on any atom is -0.388 e. The minimum absolute atomic E-state index is 0.0180. The molecule has 4 nitrogen and oxygen atoms in total. The number of rotatable bonds is 8. The third-order valence-electron chi connectivity index (χ3n) is 2.56. The highest BCUT2D eigenvalue weighted by molar-refractivity contribution is 4.80. The van der Waals surface area contributed by atoms with Crippen LogP contribution in [0.5, 0.6) is 0 Å². The third kappa shape index (κ3) is 4.42. The Kier molecular flexibility index (Phi) is 6.00. The van der Waals surface area contributed by atoms with Gasteiger partial charge in [-0.05, 0) is 6.42 Å². The van der Waals surface area contributed by atoms with Crippen molar-refractivity contribution < 1.29 is 5.11 Å². The molecule has 0 saturated heterocycles. The van der Waals surface area contributed by atoms with Gasteiger partial charge in [0.1, 0.15) is 12.9 Å². The molecule has 0 unspecified atom stereocenters. The summed E-state index contributed by atoms with van der Waals surface area (Å²) in [5.41, 5.74) is 0. The Balaban J connectivity index is 2.09. The molecule has 1 aromatic heterocycles. The van der Waals surface area contributed by atoms with Crippen LogP contribution in [-0.4, -0.2) is 19.9 Å². The number of aliphatic hydroxyl groups excluding tert-OH is 1. The van der Waals surface area contributed by atoms with Crippen molar-refractivity contribution >= 4 is 0 Å². The number of unbranched alkanes of at least 4 members (excludes halogenated alkanes) is 5. The molecule has 0 aliphatic carbocycles. The first kappa shape index (κ1) is 12.2. The lowest BCUT2D eigenvalue weighted by Gasteiger charge is -2.03. The summed E-state index contributed by atoms with van der Waals surface area (Å²) in [6.45, 7) is 3.08. The molecule has 0 aromatic carbocycles. The Labute approximate surface area is 91.3 Å². The second-order valence-corrected chi connectivity index (χ2v) is 3.83. The van der Waals surface area contributed by atoms with E-state index in [4.69, 9.17) is 5.11 Å². The summed E-state index contributed by atoms with van der Waals surface area (Å²) in [5, 5.41) is 13.0. The van der Waals surface area contributed by atoms with Crippen molar-refractivity contribution in [2.75, 3.05) is 0 Å². The third-order valence-corrected chi connectivity index (χ3v) is 2.56. The number of hydrogen-bond donors (Lipinski definition) is 1. The van der Waals surface area contributed by atoms with Gasteiger partial charge in [-0.2, -0.15) is 5.10 Å². The molecule has 0 amide bonds. The van der Waals surface area contributed by atoms with Crippen LogP contribution in [0.3, 0.4) is 0 Å². The molecule has 0 spiro atoms. The van der Waals surface area contributed by atoms with Crippen LogP contribution in [0.2, 0.25) is 0 Å². The van der Waals surface area contributed by atoms with Gasteiger partial charge in [-0.1, -0.05) is 39.0 Å². The van der Waals surface area contributed by atoms with Crippen molar-refractivity contribution in [3.63, 3.8) is 0 Å². The van der Waals surface area contributed by atoms with Gasteiger partial charge in [-0.15, -0.1) is 0 Å². The van der Waals surface area contributed by atoms with E-state index in [9.17, 15) is 0 Å². The Morgan fingerprint density at radius 2 is 1.93 bits per heavy atom. The summed E-state index contributed by atoms with van der Waals surface area (Å²) in [6, 6.07) is 0. The Hall–Kier alpha value is -0.900. The maximum atomic E-state index is 8.96. The molecule has 0 aliphatic heterocycles. The number of aliphatic hydroxyl groups is 1. The second kappa shape index (κ2) is 7.40. The van der Waals surface area contributed by atoms with Gasteiger partial charge in [-0.3, -0.25) is 0 Å². The highest BCUT2D eigenvalue weighted by Crippen LogP contribution is 2.06. The SMILES string of the molecule is CCCCCCCCn1ncnc1CO. The predicted molar refractivity (Wildman–Crippen MR) is 59.3 cm³/mol. The highest BCUT2D eigenvalue weighted by atomic mass is 16.3. The van der Waals surface area contributed by atoms with Crippen LogP contribution in [0.25, 0.3) is 0 Å². The zero-order chi connectivity index (χ0) is 10.9. The molecule has 0 bridgehead atoms. The predicted octanol–water partition coefficient (Wildman–Crippen LogP) is 2.13. The number of hydrogen-bond acceptors (Lipinski definition) is 3. The maximum absolute atomic E-state index is 8.96. The van der Waals surface area contributed by atoms with E-state index in [1.54, 1.807) is 4.68 Å². The molecule has 4 heteroatoms. The number of aryl methyl sites for hydroxylation is 1. The van der Waals surface area contributed by atoms with Crippen LogP contribution in [0.15, 0.2) is 6.33 Å². The fraction of sp³-hybridized carbons (Fsp3) is 0.818. The minimum atomic E-state index is -0.0180. The molecule has 1 heterocycles. The van der Waals surface area contributed by atoms with Crippen LogP contribution < -0.4 is 0 Å². The van der Waals surface area contributed by atoms with Gasteiger partial charge < -0.3 is 5.11 Å². The van der Waals surface area contributed by atoms with Crippen LogP contribution >= 0.6 is 0 Å². The van der Waals surface area contributed by atoms with Gasteiger partial charge in [0.25, 0.3) is 0 Å². The van der Waals surface area contributed by atoms with Gasteiger partial charge in [0, 0.05) is 6.54 Å². The first-order valence-electron chi connectivity index (χ1n) is 5.86. The van der Waals surface area contributed by atoms with Crippen molar-refractivity contribution in [2.24, 2.45) is 0 Å². The summed E-state index contributed by atoms with van der Waals surface area (Å²) in [6.07, 6.45) is 9.13. The monoisotopic (exact) mass is 211 g/mol. The van der Waals surface area contributed by atoms with Crippen molar-refractivity contribution in [3.05, 3.63) is 12.2 Å². The summed E-state index contributed by atoms with van der Waals surface area (Å²) in [5.74, 6) is 0.670. The lowest BCUT2D eigenvalue weighted by atomic mass is 10.1. The Morgan fingerprint density at radius 1 is 1.20 bits per heavy atom. The number of nitrogens with zero attached hydrogens (tertiary/aromatic N) is 3. The molecule has 0 fully saturated rings. The second-order valence-electron chi connectivity index (χ2n) is 3.83. The van der Waals surface area contributed by atoms with Gasteiger partial charge in [0.15, 0.2) is 5.82 Å². The van der Waals surface area contributed by atoms with Crippen LogP contribution in [0.1, 0.15) is 51.3 Å². The van der Waals surface area contributed by atoms with Crippen molar-refractivity contribution in [1.29, 1.82) is 0 Å². The van der Waals surface area contributed by atoms with E-state index in [-0.39, 0.29) is 6.61 Å². The van der Waals surface area contributed by atoms with E-state index in [1.165, 1.54) is 38.4 Å². The molecule has 1 rings (SSSR count). The molecule has 0 aliphatic rings. The van der Waals surface area contributed by atoms with E-state index < -0.39 is 0 Å². The molecule has 0 saturated carbocycles. The zero-order valence-corrected chi connectivity index (χ0v) is 9.52. The number of aromatic nitrogens is 3. The summed E-state index contributed by atoms with van der Waals surface area (Å²) >= 11 is 0. The van der Waals surface area contributed by atoms with E-state index in [2.05, 4.69) is 17.0 Å². The van der Waals surface area contributed by atoms with E-state index in [0.717, 1.165) is 13.0 Å². The first-order valence-corrected chi connectivity index (χ1v) is 5.86. The summed E-state index contributed by atoms with van der Waals surface area (Å²) in [4.78, 5) is 3.96. The average molecular weight is 211 g/mol. The molecule has 0 radical (unpaired) electrons. The summed E-state index contributed by atoms with van der Waals surface area (Å²) < 4.78 is 1.79. The molecule has 0 atom stereocenters. The largest absolute Gasteiger partial charge is 0.388 e. The van der Waals surface area contributed by atoms with Gasteiger partial charge >= 0.3 is 0 Å². The standard InChI is InChI=1S/C11H21N3O/c1-2-3-4-5-6-7-8-14-11(9-15)12-10-13-14/h10,15H,2-9H2,1H3. The maximum Gasteiger partial charge on any atom is 0.152 e. The Bertz CT molecular complexity index is 260.